The summed E-state index contributed by atoms with van der Waals surface area (Å²) in [4.78, 5) is 0. The Morgan fingerprint density at radius 3 is 2.58 bits per heavy atom. The Labute approximate surface area is 70.5 Å². The van der Waals surface area contributed by atoms with Crippen LogP contribution in [0.4, 0.5) is 0 Å². The number of benzene rings is 1. The fraction of sp³-hybridized carbons (Fsp3) is 0.143. The summed E-state index contributed by atoms with van der Waals surface area (Å²) >= 11 is 0. The number of phenolic OH excluding ortho intramolecular Hbond substituents is 1. The van der Waals surface area contributed by atoms with E-state index in [0.29, 0.717) is 0 Å². The zero-order valence-corrected chi connectivity index (χ0v) is 7.21. The lowest BCUT2D eigenvalue weighted by Gasteiger charge is -2.01. The monoisotopic (exact) mass is 188 g/mol. The maximum atomic E-state index is 10.6. The first-order chi connectivity index (χ1) is 5.47. The van der Waals surface area contributed by atoms with Crippen molar-refractivity contribution in [3.8, 4) is 11.5 Å². The highest BCUT2D eigenvalue weighted by atomic mass is 32.2. The van der Waals surface area contributed by atoms with Gasteiger partial charge in [-0.3, -0.25) is 0 Å². The average molecular weight is 188 g/mol. The molecule has 0 unspecified atom stereocenters. The molecule has 0 heterocycles. The van der Waals surface area contributed by atoms with E-state index in [4.69, 9.17) is 5.11 Å². The van der Waals surface area contributed by atoms with Gasteiger partial charge < -0.3 is 9.29 Å². The first kappa shape index (κ1) is 8.86. The Balaban J connectivity index is 2.91. The molecule has 1 aromatic carbocycles. The molecule has 1 aromatic rings. The molecule has 0 spiro atoms. The molecule has 0 atom stereocenters. The zero-order chi connectivity index (χ0) is 9.19. The van der Waals surface area contributed by atoms with E-state index in [1.165, 1.54) is 24.3 Å². The molecule has 4 nitrogen and oxygen atoms in total. The van der Waals surface area contributed by atoms with Gasteiger partial charge in [0.15, 0.2) is 0 Å². The van der Waals surface area contributed by atoms with E-state index in [-0.39, 0.29) is 11.5 Å². The van der Waals surface area contributed by atoms with Crippen LogP contribution < -0.4 is 4.18 Å². The van der Waals surface area contributed by atoms with Crippen LogP contribution in [0.3, 0.4) is 0 Å². The van der Waals surface area contributed by atoms with Crippen LogP contribution in [0.15, 0.2) is 24.3 Å². The fourth-order valence-electron chi connectivity index (χ4n) is 0.710. The average Bonchev–Trinajstić information content (AvgIpc) is 1.82. The Morgan fingerprint density at radius 2 is 2.08 bits per heavy atom. The summed E-state index contributed by atoms with van der Waals surface area (Å²) in [5, 5.41) is 8.94. The maximum absolute atomic E-state index is 10.6. The van der Waals surface area contributed by atoms with Gasteiger partial charge in [-0.25, -0.2) is 0 Å². The van der Waals surface area contributed by atoms with E-state index in [9.17, 15) is 8.42 Å². The topological polar surface area (TPSA) is 63.6 Å². The second-order valence-corrected chi connectivity index (χ2v) is 3.86. The third-order valence-electron chi connectivity index (χ3n) is 1.07. The first-order valence-electron chi connectivity index (χ1n) is 3.16. The van der Waals surface area contributed by atoms with Gasteiger partial charge in [-0.05, 0) is 12.1 Å². The van der Waals surface area contributed by atoms with Crippen molar-refractivity contribution in [2.75, 3.05) is 6.26 Å². The van der Waals surface area contributed by atoms with Gasteiger partial charge in [-0.1, -0.05) is 6.07 Å². The lowest BCUT2D eigenvalue weighted by molar-refractivity contribution is 0.465. The van der Waals surface area contributed by atoms with Gasteiger partial charge in [-0.2, -0.15) is 8.42 Å². The normalized spacial score (nSPS) is 11.1. The van der Waals surface area contributed by atoms with Gasteiger partial charge in [0.25, 0.3) is 0 Å². The summed E-state index contributed by atoms with van der Waals surface area (Å²) in [5.74, 6) is 0.0775. The molecule has 0 aromatic heterocycles. The highest BCUT2D eigenvalue weighted by Gasteiger charge is 2.03. The molecule has 0 saturated heterocycles. The van der Waals surface area contributed by atoms with E-state index >= 15 is 0 Å². The van der Waals surface area contributed by atoms with Crippen LogP contribution in [0.2, 0.25) is 0 Å². The molecule has 0 radical (unpaired) electrons. The summed E-state index contributed by atoms with van der Waals surface area (Å²) in [5.41, 5.74) is 0. The Morgan fingerprint density at radius 1 is 1.42 bits per heavy atom. The second-order valence-electron chi connectivity index (χ2n) is 2.28. The van der Waals surface area contributed by atoms with Crippen LogP contribution in [0.25, 0.3) is 0 Å². The molecule has 1 N–H and O–H groups in total. The van der Waals surface area contributed by atoms with Gasteiger partial charge in [0, 0.05) is 6.07 Å². The van der Waals surface area contributed by atoms with Gasteiger partial charge >= 0.3 is 10.1 Å². The number of rotatable bonds is 2. The minimum absolute atomic E-state index is 0.0313. The van der Waals surface area contributed by atoms with E-state index in [1.54, 1.807) is 0 Å². The van der Waals surface area contributed by atoms with Crippen molar-refractivity contribution in [1.29, 1.82) is 0 Å². The standard InChI is InChI=1S/C7H8O4S/c1-12(9,10)11-7-4-2-3-6(8)5-7/h2-5,8H,1H3. The van der Waals surface area contributed by atoms with Crippen molar-refractivity contribution in [3.05, 3.63) is 24.3 Å². The summed E-state index contributed by atoms with van der Waals surface area (Å²) in [6.45, 7) is 0. The smallest absolute Gasteiger partial charge is 0.306 e. The van der Waals surface area contributed by atoms with Crippen LogP contribution in [0.5, 0.6) is 11.5 Å². The molecule has 66 valence electrons. The van der Waals surface area contributed by atoms with Crippen molar-refractivity contribution >= 4 is 10.1 Å². The second kappa shape index (κ2) is 3.02. The highest BCUT2D eigenvalue weighted by Crippen LogP contribution is 2.18. The van der Waals surface area contributed by atoms with Gasteiger partial charge in [0.1, 0.15) is 11.5 Å². The maximum Gasteiger partial charge on any atom is 0.306 e. The molecule has 0 bridgehead atoms. The van der Waals surface area contributed by atoms with Crippen LogP contribution in [-0.2, 0) is 10.1 Å². The van der Waals surface area contributed by atoms with Crippen LogP contribution >= 0.6 is 0 Å². The third kappa shape index (κ3) is 2.79. The zero-order valence-electron chi connectivity index (χ0n) is 6.39. The van der Waals surface area contributed by atoms with Crippen molar-refractivity contribution < 1.29 is 17.7 Å². The third-order valence-corrected chi connectivity index (χ3v) is 1.56. The van der Waals surface area contributed by atoms with Crippen molar-refractivity contribution in [3.63, 3.8) is 0 Å². The Hall–Kier alpha value is -1.23. The molecule has 1 rings (SSSR count). The molecular weight excluding hydrogens is 180 g/mol. The first-order valence-corrected chi connectivity index (χ1v) is 4.97. The van der Waals surface area contributed by atoms with E-state index in [2.05, 4.69) is 4.18 Å². The molecular formula is C7H8O4S. The Kier molecular flexibility index (Phi) is 2.23. The van der Waals surface area contributed by atoms with Gasteiger partial charge in [-0.15, -0.1) is 0 Å². The lowest BCUT2D eigenvalue weighted by Crippen LogP contribution is -2.05. The lowest BCUT2D eigenvalue weighted by atomic mass is 10.3. The van der Waals surface area contributed by atoms with Crippen LogP contribution in [0.1, 0.15) is 0 Å². The molecule has 0 saturated carbocycles. The molecule has 0 aliphatic rings. The van der Waals surface area contributed by atoms with Crippen molar-refractivity contribution in [2.45, 2.75) is 0 Å². The van der Waals surface area contributed by atoms with Crippen molar-refractivity contribution in [1.82, 2.24) is 0 Å². The number of hydrogen-bond acceptors (Lipinski definition) is 4. The molecule has 0 aliphatic heterocycles. The Bertz CT molecular complexity index is 369. The predicted molar refractivity (Wildman–Crippen MR) is 43.6 cm³/mol. The number of phenols is 1. The van der Waals surface area contributed by atoms with Crippen LogP contribution in [0, 0.1) is 0 Å². The summed E-state index contributed by atoms with van der Waals surface area (Å²) in [7, 11) is -3.51. The summed E-state index contributed by atoms with van der Waals surface area (Å²) < 4.78 is 25.7. The quantitative estimate of drug-likeness (QED) is 0.695. The minimum atomic E-state index is -3.51. The largest absolute Gasteiger partial charge is 0.508 e. The van der Waals surface area contributed by atoms with E-state index in [1.807, 2.05) is 0 Å². The molecule has 0 amide bonds. The highest BCUT2D eigenvalue weighted by molar-refractivity contribution is 7.86. The number of aromatic hydroxyl groups is 1. The summed E-state index contributed by atoms with van der Waals surface area (Å²) in [6.07, 6.45) is 0.942. The van der Waals surface area contributed by atoms with E-state index < -0.39 is 10.1 Å². The number of hydrogen-bond donors (Lipinski definition) is 1. The van der Waals surface area contributed by atoms with Gasteiger partial charge in [0.05, 0.1) is 6.26 Å². The predicted octanol–water partition coefficient (Wildman–Crippen LogP) is 0.731. The molecule has 5 heteroatoms. The van der Waals surface area contributed by atoms with Crippen LogP contribution in [-0.4, -0.2) is 19.8 Å². The van der Waals surface area contributed by atoms with Gasteiger partial charge in [0.2, 0.25) is 0 Å². The SMILES string of the molecule is CS(=O)(=O)Oc1cccc(O)c1. The molecule has 12 heavy (non-hydrogen) atoms. The van der Waals surface area contributed by atoms with E-state index in [0.717, 1.165) is 6.26 Å². The summed E-state index contributed by atoms with van der Waals surface area (Å²) in [6, 6.07) is 5.59. The van der Waals surface area contributed by atoms with Crippen molar-refractivity contribution in [2.24, 2.45) is 0 Å². The fourth-order valence-corrected chi connectivity index (χ4v) is 1.16. The molecule has 0 fully saturated rings. The molecule has 0 aliphatic carbocycles. The minimum Gasteiger partial charge on any atom is -0.508 e.